The molecule has 1 aromatic carbocycles. The lowest BCUT2D eigenvalue weighted by molar-refractivity contribution is -0.150. The van der Waals surface area contributed by atoms with Crippen molar-refractivity contribution in [2.45, 2.75) is 69.1 Å². The molecule has 1 aromatic rings. The van der Waals surface area contributed by atoms with Crippen molar-refractivity contribution >= 4 is 0 Å². The van der Waals surface area contributed by atoms with Gasteiger partial charge in [-0.2, -0.15) is 0 Å². The summed E-state index contributed by atoms with van der Waals surface area (Å²) in [6.07, 6.45) is 10.0. The molecule has 2 heterocycles. The van der Waals surface area contributed by atoms with Crippen LogP contribution in [-0.4, -0.2) is 28.6 Å². The van der Waals surface area contributed by atoms with E-state index in [0.29, 0.717) is 18.0 Å². The van der Waals surface area contributed by atoms with Crippen molar-refractivity contribution in [1.82, 2.24) is 4.90 Å². The number of benzene rings is 1. The molecule has 0 spiro atoms. The van der Waals surface area contributed by atoms with Crippen molar-refractivity contribution in [1.29, 1.82) is 0 Å². The Morgan fingerprint density at radius 1 is 0.952 bits per heavy atom. The first-order chi connectivity index (χ1) is 10.3. The van der Waals surface area contributed by atoms with Crippen LogP contribution >= 0.6 is 0 Å². The summed E-state index contributed by atoms with van der Waals surface area (Å²) >= 11 is 0. The number of piperidine rings is 2. The predicted molar refractivity (Wildman–Crippen MR) is 85.0 cm³/mol. The fraction of sp³-hybridized carbons (Fsp3) is 0.684. The van der Waals surface area contributed by atoms with Gasteiger partial charge in [0.05, 0.1) is 5.60 Å². The van der Waals surface area contributed by atoms with E-state index in [2.05, 4.69) is 35.2 Å². The molecule has 1 saturated carbocycles. The first-order valence-corrected chi connectivity index (χ1v) is 8.83. The molecule has 1 N–H and O–H groups in total. The highest BCUT2D eigenvalue weighted by Crippen LogP contribution is 2.50. The lowest BCUT2D eigenvalue weighted by Crippen LogP contribution is -2.62. The number of rotatable bonds is 1. The Morgan fingerprint density at radius 2 is 1.71 bits per heavy atom. The van der Waals surface area contributed by atoms with Crippen molar-refractivity contribution in [2.75, 3.05) is 6.54 Å². The van der Waals surface area contributed by atoms with E-state index in [9.17, 15) is 5.11 Å². The standard InChI is InChI=1S/C19H27NO/c21-19(15-8-2-1-3-9-15)14-16-10-6-7-13-20(16)18-12-5-4-11-17(18)19/h1-3,8-9,16-18,21H,4-7,10-14H2/t16-,17-,18+,19+/m0/s1. The zero-order valence-corrected chi connectivity index (χ0v) is 12.9. The molecule has 0 bridgehead atoms. The van der Waals surface area contributed by atoms with E-state index in [-0.39, 0.29) is 0 Å². The quantitative estimate of drug-likeness (QED) is 0.850. The van der Waals surface area contributed by atoms with Gasteiger partial charge in [0, 0.05) is 18.0 Å². The zero-order chi connectivity index (χ0) is 14.3. The molecule has 2 nitrogen and oxygen atoms in total. The van der Waals surface area contributed by atoms with Crippen molar-refractivity contribution < 1.29 is 5.11 Å². The molecule has 0 radical (unpaired) electrons. The number of hydrogen-bond donors (Lipinski definition) is 1. The maximum Gasteiger partial charge on any atom is 0.0954 e. The van der Waals surface area contributed by atoms with E-state index >= 15 is 0 Å². The lowest BCUT2D eigenvalue weighted by Gasteiger charge is -2.57. The van der Waals surface area contributed by atoms with E-state index < -0.39 is 5.60 Å². The van der Waals surface area contributed by atoms with Gasteiger partial charge < -0.3 is 5.11 Å². The Hall–Kier alpha value is -0.860. The first-order valence-electron chi connectivity index (χ1n) is 8.83. The monoisotopic (exact) mass is 285 g/mol. The van der Waals surface area contributed by atoms with E-state index in [0.717, 1.165) is 12.0 Å². The average Bonchev–Trinajstić information content (AvgIpc) is 2.56. The van der Waals surface area contributed by atoms with Crippen LogP contribution in [0.25, 0.3) is 0 Å². The summed E-state index contributed by atoms with van der Waals surface area (Å²) in [5, 5.41) is 11.7. The van der Waals surface area contributed by atoms with Crippen LogP contribution in [0.15, 0.2) is 30.3 Å². The fourth-order valence-corrected chi connectivity index (χ4v) is 5.31. The van der Waals surface area contributed by atoms with Crippen LogP contribution < -0.4 is 0 Å². The molecule has 21 heavy (non-hydrogen) atoms. The van der Waals surface area contributed by atoms with Crippen molar-refractivity contribution in [2.24, 2.45) is 5.92 Å². The van der Waals surface area contributed by atoms with E-state index in [1.807, 2.05) is 0 Å². The Balaban J connectivity index is 1.72. The Kier molecular flexibility index (Phi) is 3.55. The minimum absolute atomic E-state index is 0.433. The van der Waals surface area contributed by atoms with Crippen LogP contribution in [0.4, 0.5) is 0 Å². The lowest BCUT2D eigenvalue weighted by atomic mass is 9.63. The molecule has 0 aromatic heterocycles. The Labute approximate surface area is 128 Å². The second-order valence-corrected chi connectivity index (χ2v) is 7.34. The van der Waals surface area contributed by atoms with Gasteiger partial charge in [-0.25, -0.2) is 0 Å². The second kappa shape index (κ2) is 5.40. The fourth-order valence-electron chi connectivity index (χ4n) is 5.31. The topological polar surface area (TPSA) is 23.5 Å². The van der Waals surface area contributed by atoms with Crippen molar-refractivity contribution in [3.8, 4) is 0 Å². The highest BCUT2D eigenvalue weighted by atomic mass is 16.3. The molecule has 2 aliphatic heterocycles. The normalized spacial score (nSPS) is 40.3. The summed E-state index contributed by atoms with van der Waals surface area (Å²) in [6, 6.07) is 11.7. The average molecular weight is 285 g/mol. The second-order valence-electron chi connectivity index (χ2n) is 7.34. The highest BCUT2D eigenvalue weighted by molar-refractivity contribution is 5.26. The van der Waals surface area contributed by atoms with Crippen LogP contribution in [-0.2, 0) is 5.60 Å². The van der Waals surface area contributed by atoms with Gasteiger partial charge in [-0.15, -0.1) is 0 Å². The van der Waals surface area contributed by atoms with Gasteiger partial charge in [0.1, 0.15) is 0 Å². The summed E-state index contributed by atoms with van der Waals surface area (Å²) in [6.45, 7) is 1.26. The molecule has 2 heteroatoms. The van der Waals surface area contributed by atoms with Crippen molar-refractivity contribution in [3.05, 3.63) is 35.9 Å². The zero-order valence-electron chi connectivity index (χ0n) is 12.9. The summed E-state index contributed by atoms with van der Waals surface area (Å²) in [4.78, 5) is 2.77. The number of fused-ring (bicyclic) bond motifs is 3. The molecule has 114 valence electrons. The summed E-state index contributed by atoms with van der Waals surface area (Å²) in [5.74, 6) is 0.433. The third-order valence-corrected chi connectivity index (χ3v) is 6.26. The molecule has 3 fully saturated rings. The maximum atomic E-state index is 11.7. The van der Waals surface area contributed by atoms with Crippen LogP contribution in [0.3, 0.4) is 0 Å². The highest BCUT2D eigenvalue weighted by Gasteiger charge is 2.52. The number of aliphatic hydroxyl groups is 1. The first kappa shape index (κ1) is 13.8. The largest absolute Gasteiger partial charge is 0.385 e. The Morgan fingerprint density at radius 3 is 2.57 bits per heavy atom. The van der Waals surface area contributed by atoms with Crippen LogP contribution in [0.5, 0.6) is 0 Å². The molecule has 4 atom stereocenters. The molecule has 0 unspecified atom stereocenters. The van der Waals surface area contributed by atoms with Crippen LogP contribution in [0, 0.1) is 5.92 Å². The molecule has 3 aliphatic rings. The van der Waals surface area contributed by atoms with Gasteiger partial charge in [0.25, 0.3) is 0 Å². The number of nitrogens with zero attached hydrogens (tertiary/aromatic N) is 1. The van der Waals surface area contributed by atoms with Gasteiger partial charge in [0.2, 0.25) is 0 Å². The van der Waals surface area contributed by atoms with Gasteiger partial charge in [-0.3, -0.25) is 4.90 Å². The van der Waals surface area contributed by atoms with E-state index in [1.54, 1.807) is 0 Å². The van der Waals surface area contributed by atoms with E-state index in [4.69, 9.17) is 0 Å². The minimum atomic E-state index is -0.592. The molecule has 4 rings (SSSR count). The third-order valence-electron chi connectivity index (χ3n) is 6.26. The van der Waals surface area contributed by atoms with Crippen LogP contribution in [0.2, 0.25) is 0 Å². The SMILES string of the molecule is O[C@@]1(c2ccccc2)C[C@@H]2CCCCN2[C@@H]2CCCC[C@@H]21. The minimum Gasteiger partial charge on any atom is -0.385 e. The summed E-state index contributed by atoms with van der Waals surface area (Å²) in [5.41, 5.74) is 0.567. The van der Waals surface area contributed by atoms with Gasteiger partial charge >= 0.3 is 0 Å². The Bertz CT molecular complexity index is 488. The summed E-state index contributed by atoms with van der Waals surface area (Å²) in [7, 11) is 0. The summed E-state index contributed by atoms with van der Waals surface area (Å²) < 4.78 is 0. The van der Waals surface area contributed by atoms with Gasteiger partial charge in [-0.05, 0) is 44.2 Å². The predicted octanol–water partition coefficient (Wildman–Crippen LogP) is 3.69. The molecule has 2 saturated heterocycles. The maximum absolute atomic E-state index is 11.7. The number of hydrogen-bond acceptors (Lipinski definition) is 2. The third kappa shape index (κ3) is 2.24. The van der Waals surface area contributed by atoms with Gasteiger partial charge in [0.15, 0.2) is 0 Å². The van der Waals surface area contributed by atoms with Gasteiger partial charge in [-0.1, -0.05) is 49.6 Å². The van der Waals surface area contributed by atoms with Crippen molar-refractivity contribution in [3.63, 3.8) is 0 Å². The molecule has 1 aliphatic carbocycles. The molecular formula is C19H27NO. The van der Waals surface area contributed by atoms with E-state index in [1.165, 1.54) is 51.5 Å². The smallest absolute Gasteiger partial charge is 0.0954 e. The molecular weight excluding hydrogens is 258 g/mol. The molecule has 0 amide bonds. The van der Waals surface area contributed by atoms with Crippen LogP contribution in [0.1, 0.15) is 56.9 Å².